The number of hydrogen-bond donors (Lipinski definition) is 3. The van der Waals surface area contributed by atoms with Gasteiger partial charge in [0.2, 0.25) is 5.91 Å². The molecule has 0 radical (unpaired) electrons. The van der Waals surface area contributed by atoms with Crippen LogP contribution in [0.3, 0.4) is 0 Å². The Hall–Kier alpha value is -2.75. The smallest absolute Gasteiger partial charge is 0.248 e. The molecule has 2 rings (SSSR count). The highest BCUT2D eigenvalue weighted by Crippen LogP contribution is 2.15. The fourth-order valence-corrected chi connectivity index (χ4v) is 3.46. The summed E-state index contributed by atoms with van der Waals surface area (Å²) in [5.41, 5.74) is 2.71. The molecule has 0 aliphatic rings. The van der Waals surface area contributed by atoms with E-state index in [2.05, 4.69) is 17.6 Å². The number of nitrogens with one attached hydrogen (secondary N) is 2. The van der Waals surface area contributed by atoms with Crippen LogP contribution in [0.4, 0.5) is 11.4 Å². The van der Waals surface area contributed by atoms with E-state index in [1.807, 2.05) is 24.3 Å². The van der Waals surface area contributed by atoms with Gasteiger partial charge >= 0.3 is 0 Å². The van der Waals surface area contributed by atoms with Gasteiger partial charge in [0.05, 0.1) is 0 Å². The molecule has 2 aromatic rings. The highest BCUT2D eigenvalue weighted by molar-refractivity contribution is 6.02. The Balaban J connectivity index is 1.56. The summed E-state index contributed by atoms with van der Waals surface area (Å²) in [6.07, 6.45) is 16.7. The van der Waals surface area contributed by atoms with E-state index in [0.717, 1.165) is 23.5 Å². The van der Waals surface area contributed by atoms with Crippen molar-refractivity contribution in [2.45, 2.75) is 71.1 Å². The molecular formula is C27H38N2O2. The minimum absolute atomic E-state index is 0.181. The molecule has 0 saturated carbocycles. The van der Waals surface area contributed by atoms with Crippen LogP contribution in [0.5, 0.6) is 5.75 Å². The van der Waals surface area contributed by atoms with Crippen molar-refractivity contribution in [2.75, 3.05) is 17.2 Å². The maximum Gasteiger partial charge on any atom is 0.248 e. The third kappa shape index (κ3) is 11.3. The summed E-state index contributed by atoms with van der Waals surface area (Å²) in [6.45, 7) is 3.25. The zero-order valence-corrected chi connectivity index (χ0v) is 18.9. The van der Waals surface area contributed by atoms with Gasteiger partial charge in [-0.3, -0.25) is 4.79 Å². The second kappa shape index (κ2) is 15.1. The van der Waals surface area contributed by atoms with Gasteiger partial charge < -0.3 is 15.7 Å². The maximum absolute atomic E-state index is 12.1. The van der Waals surface area contributed by atoms with Crippen LogP contribution in [0, 0.1) is 0 Å². The van der Waals surface area contributed by atoms with Crippen LogP contribution < -0.4 is 10.6 Å². The zero-order valence-electron chi connectivity index (χ0n) is 18.9. The second-order valence-electron chi connectivity index (χ2n) is 8.10. The van der Waals surface area contributed by atoms with Crippen LogP contribution in [0.1, 0.15) is 76.7 Å². The summed E-state index contributed by atoms with van der Waals surface area (Å²) < 4.78 is 0. The maximum atomic E-state index is 12.1. The lowest BCUT2D eigenvalue weighted by Crippen LogP contribution is -2.08. The third-order valence-corrected chi connectivity index (χ3v) is 5.33. The monoisotopic (exact) mass is 422 g/mol. The van der Waals surface area contributed by atoms with Gasteiger partial charge in [0.1, 0.15) is 5.75 Å². The first-order valence-electron chi connectivity index (χ1n) is 11.8. The van der Waals surface area contributed by atoms with Gasteiger partial charge in [-0.15, -0.1) is 0 Å². The number of amides is 1. The SMILES string of the molecule is CCCCCCCCCCCCNc1ccc(NC(=O)/C=C/c2ccc(O)cc2)cc1. The van der Waals surface area contributed by atoms with Crippen molar-refractivity contribution >= 4 is 23.4 Å². The Labute approximate surface area is 187 Å². The van der Waals surface area contributed by atoms with Gasteiger partial charge in [-0.05, 0) is 54.5 Å². The van der Waals surface area contributed by atoms with Gasteiger partial charge in [0.15, 0.2) is 0 Å². The molecule has 0 atom stereocenters. The standard InChI is InChI=1S/C27H38N2O2/c1-2-3-4-5-6-7-8-9-10-11-22-28-24-15-17-25(18-16-24)29-27(31)21-14-23-12-19-26(30)20-13-23/h12-21,28,30H,2-11,22H2,1H3,(H,29,31)/b21-14+. The zero-order chi connectivity index (χ0) is 22.2. The van der Waals surface area contributed by atoms with Crippen LogP contribution in [0.25, 0.3) is 6.08 Å². The molecule has 0 bridgehead atoms. The van der Waals surface area contributed by atoms with E-state index in [9.17, 15) is 9.90 Å². The molecule has 0 fully saturated rings. The quantitative estimate of drug-likeness (QED) is 0.207. The lowest BCUT2D eigenvalue weighted by molar-refractivity contribution is -0.111. The summed E-state index contributed by atoms with van der Waals surface area (Å²) in [7, 11) is 0. The molecule has 0 spiro atoms. The van der Waals surface area contributed by atoms with Crippen LogP contribution in [-0.4, -0.2) is 17.6 Å². The Morgan fingerprint density at radius 1 is 0.774 bits per heavy atom. The molecule has 4 heteroatoms. The molecule has 0 unspecified atom stereocenters. The van der Waals surface area contributed by atoms with Crippen molar-refractivity contribution in [3.8, 4) is 5.75 Å². The lowest BCUT2D eigenvalue weighted by Gasteiger charge is -2.08. The summed E-state index contributed by atoms with van der Waals surface area (Å²) in [5.74, 6) is 0.0302. The number of carbonyl (C=O) groups is 1. The molecule has 0 heterocycles. The Morgan fingerprint density at radius 3 is 1.94 bits per heavy atom. The fraction of sp³-hybridized carbons (Fsp3) is 0.444. The number of rotatable bonds is 15. The molecule has 0 aromatic heterocycles. The summed E-state index contributed by atoms with van der Waals surface area (Å²) in [4.78, 5) is 12.1. The highest BCUT2D eigenvalue weighted by atomic mass is 16.3. The minimum atomic E-state index is -0.181. The number of anilines is 2. The Kier molecular flexibility index (Phi) is 12.0. The summed E-state index contributed by atoms with van der Waals surface area (Å²) >= 11 is 0. The number of benzene rings is 2. The van der Waals surface area contributed by atoms with E-state index < -0.39 is 0 Å². The molecule has 0 aliphatic heterocycles. The molecule has 2 aromatic carbocycles. The number of hydrogen-bond acceptors (Lipinski definition) is 3. The first-order valence-corrected chi connectivity index (χ1v) is 11.8. The molecule has 0 aliphatic carbocycles. The van der Waals surface area contributed by atoms with Crippen molar-refractivity contribution in [1.82, 2.24) is 0 Å². The molecule has 1 amide bonds. The van der Waals surface area contributed by atoms with Crippen LogP contribution in [0.15, 0.2) is 54.6 Å². The predicted molar refractivity (Wildman–Crippen MR) is 133 cm³/mol. The fourth-order valence-electron chi connectivity index (χ4n) is 3.46. The average Bonchev–Trinajstić information content (AvgIpc) is 2.78. The Bertz CT molecular complexity index is 767. The molecular weight excluding hydrogens is 384 g/mol. The first-order chi connectivity index (χ1) is 15.2. The van der Waals surface area contributed by atoms with E-state index in [1.54, 1.807) is 30.3 Å². The van der Waals surface area contributed by atoms with Crippen LogP contribution >= 0.6 is 0 Å². The van der Waals surface area contributed by atoms with Gasteiger partial charge in [-0.25, -0.2) is 0 Å². The molecule has 4 nitrogen and oxygen atoms in total. The van der Waals surface area contributed by atoms with Gasteiger partial charge in [-0.1, -0.05) is 76.8 Å². The number of carbonyl (C=O) groups excluding carboxylic acids is 1. The Morgan fingerprint density at radius 2 is 1.32 bits per heavy atom. The molecule has 3 N–H and O–H groups in total. The predicted octanol–water partition coefficient (Wildman–Crippen LogP) is 7.38. The topological polar surface area (TPSA) is 61.4 Å². The first kappa shape index (κ1) is 24.5. The lowest BCUT2D eigenvalue weighted by atomic mass is 10.1. The summed E-state index contributed by atoms with van der Waals surface area (Å²) in [6, 6.07) is 14.5. The number of unbranched alkanes of at least 4 members (excludes halogenated alkanes) is 9. The van der Waals surface area contributed by atoms with Crippen LogP contribution in [-0.2, 0) is 4.79 Å². The van der Waals surface area contributed by atoms with E-state index in [1.165, 1.54) is 70.3 Å². The molecule has 168 valence electrons. The van der Waals surface area contributed by atoms with Crippen molar-refractivity contribution in [3.63, 3.8) is 0 Å². The number of aromatic hydroxyl groups is 1. The molecule has 0 saturated heterocycles. The van der Waals surface area contributed by atoms with Crippen molar-refractivity contribution in [1.29, 1.82) is 0 Å². The van der Waals surface area contributed by atoms with Gasteiger partial charge in [-0.2, -0.15) is 0 Å². The number of phenolic OH excluding ortho intramolecular Hbond substituents is 1. The normalized spacial score (nSPS) is 11.0. The number of phenols is 1. The largest absolute Gasteiger partial charge is 0.508 e. The van der Waals surface area contributed by atoms with E-state index >= 15 is 0 Å². The third-order valence-electron chi connectivity index (χ3n) is 5.33. The van der Waals surface area contributed by atoms with Crippen LogP contribution in [0.2, 0.25) is 0 Å². The van der Waals surface area contributed by atoms with Crippen molar-refractivity contribution in [3.05, 3.63) is 60.2 Å². The average molecular weight is 423 g/mol. The molecule has 31 heavy (non-hydrogen) atoms. The second-order valence-corrected chi connectivity index (χ2v) is 8.10. The van der Waals surface area contributed by atoms with Gasteiger partial charge in [0.25, 0.3) is 0 Å². The van der Waals surface area contributed by atoms with Crippen molar-refractivity contribution < 1.29 is 9.90 Å². The highest BCUT2D eigenvalue weighted by Gasteiger charge is 1.99. The van der Waals surface area contributed by atoms with Gasteiger partial charge in [0, 0.05) is 24.0 Å². The van der Waals surface area contributed by atoms with Crippen molar-refractivity contribution in [2.24, 2.45) is 0 Å². The van der Waals surface area contributed by atoms with E-state index in [-0.39, 0.29) is 11.7 Å². The summed E-state index contributed by atoms with van der Waals surface area (Å²) in [5, 5.41) is 15.6. The minimum Gasteiger partial charge on any atom is -0.508 e. The van der Waals surface area contributed by atoms with E-state index in [4.69, 9.17) is 0 Å². The van der Waals surface area contributed by atoms with E-state index in [0.29, 0.717) is 0 Å².